The third kappa shape index (κ3) is 4.07. The van der Waals surface area contributed by atoms with E-state index in [2.05, 4.69) is 58.7 Å². The second-order valence-corrected chi connectivity index (χ2v) is 7.57. The molecule has 0 atom stereocenters. The van der Waals surface area contributed by atoms with E-state index in [0.717, 1.165) is 25.1 Å². The number of carbonyl (C=O) groups excluding carboxylic acids is 1. The summed E-state index contributed by atoms with van der Waals surface area (Å²) in [6.07, 6.45) is 1.11. The fraction of sp³-hybridized carbons (Fsp3) is 0.812. The molecule has 0 unspecified atom stereocenters. The van der Waals surface area contributed by atoms with Crippen LogP contribution < -0.4 is 5.32 Å². The second-order valence-electron chi connectivity index (χ2n) is 7.57. The number of rotatable bonds is 2. The molecule has 0 spiro atoms. The van der Waals surface area contributed by atoms with Crippen molar-refractivity contribution in [3.63, 3.8) is 0 Å². The molecule has 1 heterocycles. The predicted molar refractivity (Wildman–Crippen MR) is 80.8 cm³/mol. The summed E-state index contributed by atoms with van der Waals surface area (Å²) in [5.41, 5.74) is 2.16. The van der Waals surface area contributed by atoms with E-state index in [4.69, 9.17) is 0 Å². The third-order valence-electron chi connectivity index (χ3n) is 3.57. The van der Waals surface area contributed by atoms with Crippen molar-refractivity contribution in [1.82, 2.24) is 10.2 Å². The van der Waals surface area contributed by atoms with E-state index in [0.29, 0.717) is 6.67 Å². The van der Waals surface area contributed by atoms with Gasteiger partial charge >= 0.3 is 0 Å². The Morgan fingerprint density at radius 3 is 2.11 bits per heavy atom. The molecule has 0 aromatic carbocycles. The number of hydrogen-bond acceptors (Lipinski definition) is 2. The first-order valence-corrected chi connectivity index (χ1v) is 7.32. The molecule has 0 saturated heterocycles. The first-order chi connectivity index (χ1) is 8.57. The highest BCUT2D eigenvalue weighted by Crippen LogP contribution is 2.37. The van der Waals surface area contributed by atoms with E-state index in [1.807, 2.05) is 0 Å². The van der Waals surface area contributed by atoms with Crippen LogP contribution in [0.25, 0.3) is 0 Å². The van der Waals surface area contributed by atoms with Gasteiger partial charge in [0.2, 0.25) is 5.91 Å². The van der Waals surface area contributed by atoms with Gasteiger partial charge in [-0.3, -0.25) is 9.69 Å². The monoisotopic (exact) mass is 266 g/mol. The van der Waals surface area contributed by atoms with Crippen molar-refractivity contribution < 1.29 is 4.79 Å². The molecule has 0 bridgehead atoms. The van der Waals surface area contributed by atoms with Crippen LogP contribution >= 0.6 is 0 Å². The zero-order chi connectivity index (χ0) is 14.8. The van der Waals surface area contributed by atoms with Crippen LogP contribution in [0.15, 0.2) is 11.1 Å². The van der Waals surface area contributed by atoms with Crippen LogP contribution in [0.3, 0.4) is 0 Å². The molecule has 3 heteroatoms. The van der Waals surface area contributed by atoms with Crippen molar-refractivity contribution in [3.8, 4) is 0 Å². The van der Waals surface area contributed by atoms with E-state index in [9.17, 15) is 4.79 Å². The lowest BCUT2D eigenvalue weighted by Gasteiger charge is -2.32. The van der Waals surface area contributed by atoms with E-state index in [1.54, 1.807) is 0 Å². The minimum atomic E-state index is -0.116. The van der Waals surface area contributed by atoms with Crippen molar-refractivity contribution >= 4 is 5.91 Å². The molecule has 1 rings (SSSR count). The van der Waals surface area contributed by atoms with E-state index < -0.39 is 0 Å². The maximum atomic E-state index is 12.5. The number of hydrogen-bond donors (Lipinski definition) is 1. The van der Waals surface area contributed by atoms with Gasteiger partial charge in [-0.25, -0.2) is 0 Å². The van der Waals surface area contributed by atoms with Crippen molar-refractivity contribution in [2.75, 3.05) is 19.8 Å². The lowest BCUT2D eigenvalue weighted by molar-refractivity contribution is -0.118. The van der Waals surface area contributed by atoms with Gasteiger partial charge in [-0.05, 0) is 29.4 Å². The van der Waals surface area contributed by atoms with Crippen molar-refractivity contribution in [2.45, 2.75) is 54.9 Å². The molecule has 0 saturated carbocycles. The molecular formula is C16H30N2O. The first-order valence-electron chi connectivity index (χ1n) is 7.32. The Balaban J connectivity index is 3.29. The van der Waals surface area contributed by atoms with Gasteiger partial charge in [0.05, 0.1) is 6.67 Å². The van der Waals surface area contributed by atoms with Crippen LogP contribution in [0, 0.1) is 10.8 Å². The lowest BCUT2D eigenvalue weighted by atomic mass is 9.74. The SMILES string of the molecule is CCCN1CNC(=O)C(C(C)(C)C)=C(C(C)(C)C)C1. The largest absolute Gasteiger partial charge is 0.340 e. The second kappa shape index (κ2) is 5.66. The average molecular weight is 266 g/mol. The smallest absolute Gasteiger partial charge is 0.248 e. The highest BCUT2D eigenvalue weighted by molar-refractivity contribution is 5.95. The summed E-state index contributed by atoms with van der Waals surface area (Å²) < 4.78 is 0. The Morgan fingerprint density at radius 2 is 1.68 bits per heavy atom. The Kier molecular flexibility index (Phi) is 4.83. The molecule has 3 nitrogen and oxygen atoms in total. The molecule has 0 aliphatic carbocycles. The van der Waals surface area contributed by atoms with E-state index in [1.165, 1.54) is 5.57 Å². The summed E-state index contributed by atoms with van der Waals surface area (Å²) in [5, 5.41) is 3.07. The van der Waals surface area contributed by atoms with Gasteiger partial charge in [0.1, 0.15) is 0 Å². The zero-order valence-corrected chi connectivity index (χ0v) is 13.7. The van der Waals surface area contributed by atoms with E-state index in [-0.39, 0.29) is 16.7 Å². The topological polar surface area (TPSA) is 32.3 Å². The first kappa shape index (κ1) is 16.2. The summed E-state index contributed by atoms with van der Waals surface area (Å²) in [7, 11) is 0. The Bertz CT molecular complexity index is 369. The van der Waals surface area contributed by atoms with Gasteiger partial charge in [0.25, 0.3) is 0 Å². The molecular weight excluding hydrogens is 236 g/mol. The fourth-order valence-corrected chi connectivity index (χ4v) is 2.65. The molecule has 0 radical (unpaired) electrons. The number of carbonyl (C=O) groups is 1. The zero-order valence-electron chi connectivity index (χ0n) is 13.7. The van der Waals surface area contributed by atoms with E-state index >= 15 is 0 Å². The quantitative estimate of drug-likeness (QED) is 0.832. The summed E-state index contributed by atoms with van der Waals surface area (Å²) in [6.45, 7) is 17.8. The maximum Gasteiger partial charge on any atom is 0.248 e. The molecule has 0 fully saturated rings. The van der Waals surface area contributed by atoms with Crippen LogP contribution in [0.1, 0.15) is 54.9 Å². The standard InChI is InChI=1S/C16H30N2O/c1-8-9-18-10-12(15(2,3)4)13(16(5,6)7)14(19)17-11-18/h8-11H2,1-7H3,(H,17,19). The van der Waals surface area contributed by atoms with Gasteiger partial charge < -0.3 is 5.32 Å². The van der Waals surface area contributed by atoms with Crippen LogP contribution in [-0.2, 0) is 4.79 Å². The molecule has 1 N–H and O–H groups in total. The summed E-state index contributed by atoms with van der Waals surface area (Å²) in [6, 6.07) is 0. The highest BCUT2D eigenvalue weighted by Gasteiger charge is 2.34. The minimum absolute atomic E-state index is 0.0241. The van der Waals surface area contributed by atoms with Crippen LogP contribution in [0.5, 0.6) is 0 Å². The van der Waals surface area contributed by atoms with Gasteiger partial charge in [0.15, 0.2) is 0 Å². The average Bonchev–Trinajstić information content (AvgIpc) is 2.37. The van der Waals surface area contributed by atoms with Crippen molar-refractivity contribution in [1.29, 1.82) is 0 Å². The molecule has 1 aliphatic heterocycles. The van der Waals surface area contributed by atoms with Crippen LogP contribution in [0.4, 0.5) is 0 Å². The Labute approximate surface area is 118 Å². The van der Waals surface area contributed by atoms with Gasteiger partial charge in [0, 0.05) is 12.1 Å². The molecule has 1 aliphatic rings. The number of amides is 1. The summed E-state index contributed by atoms with van der Waals surface area (Å²) in [5.74, 6) is 0.107. The van der Waals surface area contributed by atoms with Crippen LogP contribution in [-0.4, -0.2) is 30.6 Å². The predicted octanol–water partition coefficient (Wildman–Crippen LogP) is 3.17. The molecule has 1 amide bonds. The molecule has 0 aromatic heterocycles. The van der Waals surface area contributed by atoms with Gasteiger partial charge in [-0.2, -0.15) is 0 Å². The van der Waals surface area contributed by atoms with Gasteiger partial charge in [-0.1, -0.05) is 48.5 Å². The summed E-state index contributed by atoms with van der Waals surface area (Å²) >= 11 is 0. The fourth-order valence-electron chi connectivity index (χ4n) is 2.65. The Morgan fingerprint density at radius 1 is 1.11 bits per heavy atom. The third-order valence-corrected chi connectivity index (χ3v) is 3.57. The van der Waals surface area contributed by atoms with Crippen molar-refractivity contribution in [2.24, 2.45) is 10.8 Å². The van der Waals surface area contributed by atoms with Crippen molar-refractivity contribution in [3.05, 3.63) is 11.1 Å². The molecule has 19 heavy (non-hydrogen) atoms. The number of nitrogens with zero attached hydrogens (tertiary/aromatic N) is 1. The molecule has 110 valence electrons. The lowest BCUT2D eigenvalue weighted by Crippen LogP contribution is -2.37. The van der Waals surface area contributed by atoms with Crippen LogP contribution in [0.2, 0.25) is 0 Å². The molecule has 0 aromatic rings. The Hall–Kier alpha value is -0.830. The van der Waals surface area contributed by atoms with Gasteiger partial charge in [-0.15, -0.1) is 0 Å². The summed E-state index contributed by atoms with van der Waals surface area (Å²) in [4.78, 5) is 14.8. The minimum Gasteiger partial charge on any atom is -0.340 e. The highest BCUT2D eigenvalue weighted by atomic mass is 16.1. The normalized spacial score (nSPS) is 19.4. The maximum absolute atomic E-state index is 12.5. The number of nitrogens with one attached hydrogen (secondary N) is 1.